The van der Waals surface area contributed by atoms with Crippen LogP contribution in [0.15, 0.2) is 18.2 Å². The van der Waals surface area contributed by atoms with E-state index in [0.717, 1.165) is 5.56 Å². The van der Waals surface area contributed by atoms with Crippen molar-refractivity contribution in [2.45, 2.75) is 19.3 Å². The maximum absolute atomic E-state index is 13.1. The maximum Gasteiger partial charge on any atom is 0.586 e. The molecule has 3 aliphatic rings. The summed E-state index contributed by atoms with van der Waals surface area (Å²) in [6.45, 7) is 2.40. The quantitative estimate of drug-likeness (QED) is 0.906. The van der Waals surface area contributed by atoms with Crippen molar-refractivity contribution in [3.63, 3.8) is 0 Å². The molecule has 130 valence electrons. The van der Waals surface area contributed by atoms with Crippen molar-refractivity contribution in [3.8, 4) is 11.5 Å². The molecule has 2 fully saturated rings. The van der Waals surface area contributed by atoms with E-state index in [9.17, 15) is 18.7 Å². The number of carbonyl (C=O) groups is 1. The third kappa shape index (κ3) is 2.50. The molecular weight excluding hydrogens is 324 g/mol. The maximum atomic E-state index is 13.1. The van der Waals surface area contributed by atoms with Crippen molar-refractivity contribution >= 4 is 5.97 Å². The highest BCUT2D eigenvalue weighted by Crippen LogP contribution is 2.44. The Morgan fingerprint density at radius 2 is 2.12 bits per heavy atom. The molecule has 2 atom stereocenters. The first-order valence-electron chi connectivity index (χ1n) is 7.80. The normalized spacial score (nSPS) is 31.0. The molecule has 0 bridgehead atoms. The molecule has 6 nitrogen and oxygen atoms in total. The Bertz CT molecular complexity index is 682. The number of alkyl halides is 2. The van der Waals surface area contributed by atoms with E-state index in [4.69, 9.17) is 4.74 Å². The van der Waals surface area contributed by atoms with Crippen LogP contribution >= 0.6 is 0 Å². The molecule has 1 aromatic carbocycles. The SMILES string of the molecule is O=C(O)[C@]12CCOC[C@H]1CN(Cc1ccc3c(c1)OC(F)(F)O3)C2. The molecule has 0 aliphatic carbocycles. The highest BCUT2D eigenvalue weighted by Gasteiger charge is 2.53. The van der Waals surface area contributed by atoms with Crippen LogP contribution in [0, 0.1) is 11.3 Å². The van der Waals surface area contributed by atoms with E-state index in [0.29, 0.717) is 39.3 Å². The smallest absolute Gasteiger partial charge is 0.481 e. The molecule has 8 heteroatoms. The predicted molar refractivity (Wildman–Crippen MR) is 76.9 cm³/mol. The molecular formula is C16H17F2NO5. The fraction of sp³-hybridized carbons (Fsp3) is 0.562. The fourth-order valence-electron chi connectivity index (χ4n) is 3.87. The first-order valence-corrected chi connectivity index (χ1v) is 7.80. The van der Waals surface area contributed by atoms with Crippen LogP contribution in [0.4, 0.5) is 8.78 Å². The minimum Gasteiger partial charge on any atom is -0.481 e. The van der Waals surface area contributed by atoms with Crippen LogP contribution in [-0.4, -0.2) is 48.6 Å². The Hall–Kier alpha value is -1.93. The molecule has 0 saturated carbocycles. The average Bonchev–Trinajstić information content (AvgIpc) is 3.02. The molecule has 1 aromatic rings. The van der Waals surface area contributed by atoms with Gasteiger partial charge >= 0.3 is 12.3 Å². The number of halogens is 2. The van der Waals surface area contributed by atoms with Crippen LogP contribution in [0.2, 0.25) is 0 Å². The summed E-state index contributed by atoms with van der Waals surface area (Å²) in [7, 11) is 0. The summed E-state index contributed by atoms with van der Waals surface area (Å²) >= 11 is 0. The molecule has 0 unspecified atom stereocenters. The fourth-order valence-corrected chi connectivity index (χ4v) is 3.87. The highest BCUT2D eigenvalue weighted by atomic mass is 19.3. The lowest BCUT2D eigenvalue weighted by Gasteiger charge is -2.34. The number of likely N-dealkylation sites (tertiary alicyclic amines) is 1. The summed E-state index contributed by atoms with van der Waals surface area (Å²) in [6, 6.07) is 4.66. The number of rotatable bonds is 3. The second-order valence-electron chi connectivity index (χ2n) is 6.60. The van der Waals surface area contributed by atoms with Gasteiger partial charge in [0.25, 0.3) is 0 Å². The average molecular weight is 341 g/mol. The van der Waals surface area contributed by atoms with Crippen molar-refractivity contribution in [1.29, 1.82) is 0 Å². The van der Waals surface area contributed by atoms with Gasteiger partial charge in [0.2, 0.25) is 0 Å². The Balaban J connectivity index is 1.50. The van der Waals surface area contributed by atoms with Gasteiger partial charge < -0.3 is 19.3 Å². The molecule has 0 spiro atoms. The molecule has 24 heavy (non-hydrogen) atoms. The van der Waals surface area contributed by atoms with Gasteiger partial charge in [0.1, 0.15) is 0 Å². The second kappa shape index (κ2) is 5.29. The molecule has 0 radical (unpaired) electrons. The van der Waals surface area contributed by atoms with Gasteiger partial charge in [-0.2, -0.15) is 0 Å². The van der Waals surface area contributed by atoms with E-state index in [1.54, 1.807) is 6.07 Å². The number of hydrogen-bond acceptors (Lipinski definition) is 5. The lowest BCUT2D eigenvalue weighted by atomic mass is 9.74. The number of nitrogens with zero attached hydrogens (tertiary/aromatic N) is 1. The largest absolute Gasteiger partial charge is 0.586 e. The minimum absolute atomic E-state index is 0.00499. The van der Waals surface area contributed by atoms with Crippen molar-refractivity contribution in [2.75, 3.05) is 26.3 Å². The van der Waals surface area contributed by atoms with Gasteiger partial charge in [-0.05, 0) is 24.1 Å². The summed E-state index contributed by atoms with van der Waals surface area (Å²) in [5, 5.41) is 9.67. The van der Waals surface area contributed by atoms with Gasteiger partial charge in [0.05, 0.1) is 12.0 Å². The number of carboxylic acids is 1. The van der Waals surface area contributed by atoms with E-state index < -0.39 is 17.7 Å². The first-order chi connectivity index (χ1) is 11.4. The molecule has 3 heterocycles. The molecule has 4 rings (SSSR count). The van der Waals surface area contributed by atoms with E-state index in [2.05, 4.69) is 9.47 Å². The first kappa shape index (κ1) is 15.6. The number of fused-ring (bicyclic) bond motifs is 2. The third-order valence-corrected chi connectivity index (χ3v) is 5.08. The van der Waals surface area contributed by atoms with Crippen LogP contribution in [0.25, 0.3) is 0 Å². The van der Waals surface area contributed by atoms with Crippen LogP contribution in [0.1, 0.15) is 12.0 Å². The van der Waals surface area contributed by atoms with E-state index in [1.807, 2.05) is 4.90 Å². The Kier molecular flexibility index (Phi) is 3.43. The summed E-state index contributed by atoms with van der Waals surface area (Å²) in [5.41, 5.74) is -0.00288. The lowest BCUT2D eigenvalue weighted by molar-refractivity contribution is -0.286. The van der Waals surface area contributed by atoms with Gasteiger partial charge in [-0.15, -0.1) is 8.78 Å². The number of carboxylic acid groups (broad SMARTS) is 1. The number of benzene rings is 1. The molecule has 1 N–H and O–H groups in total. The van der Waals surface area contributed by atoms with Crippen molar-refractivity contribution in [2.24, 2.45) is 11.3 Å². The number of ether oxygens (including phenoxy) is 3. The van der Waals surface area contributed by atoms with Crippen molar-refractivity contribution in [3.05, 3.63) is 23.8 Å². The minimum atomic E-state index is -3.63. The standard InChI is InChI=1S/C16H17F2NO5/c17-16(18)23-12-2-1-10(5-13(12)24-16)6-19-7-11-8-22-4-3-15(11,9-19)14(20)21/h1-2,5,11H,3-4,6-9H2,(H,20,21)/t11-,15+/m1/s1. The van der Waals surface area contributed by atoms with Gasteiger partial charge in [0, 0.05) is 32.2 Å². The molecule has 0 amide bonds. The Labute approximate surface area is 136 Å². The Morgan fingerprint density at radius 1 is 1.33 bits per heavy atom. The van der Waals surface area contributed by atoms with Gasteiger partial charge in [-0.3, -0.25) is 9.69 Å². The summed E-state index contributed by atoms with van der Waals surface area (Å²) in [6.07, 6.45) is -3.13. The van der Waals surface area contributed by atoms with Crippen molar-refractivity contribution < 1.29 is 32.9 Å². The second-order valence-corrected chi connectivity index (χ2v) is 6.60. The van der Waals surface area contributed by atoms with E-state index in [1.165, 1.54) is 12.1 Å². The number of aliphatic carboxylic acids is 1. The predicted octanol–water partition coefficient (Wildman–Crippen LogP) is 1.93. The van der Waals surface area contributed by atoms with Crippen LogP contribution < -0.4 is 9.47 Å². The van der Waals surface area contributed by atoms with Crippen molar-refractivity contribution in [1.82, 2.24) is 4.90 Å². The zero-order valence-electron chi connectivity index (χ0n) is 12.8. The van der Waals surface area contributed by atoms with Gasteiger partial charge in [0.15, 0.2) is 11.5 Å². The number of hydrogen-bond donors (Lipinski definition) is 1. The highest BCUT2D eigenvalue weighted by molar-refractivity contribution is 5.76. The van der Waals surface area contributed by atoms with Crippen LogP contribution in [0.5, 0.6) is 11.5 Å². The van der Waals surface area contributed by atoms with Crippen LogP contribution in [0.3, 0.4) is 0 Å². The third-order valence-electron chi connectivity index (χ3n) is 5.08. The topological polar surface area (TPSA) is 68.2 Å². The van der Waals surface area contributed by atoms with Gasteiger partial charge in [-0.25, -0.2) is 0 Å². The molecule has 2 saturated heterocycles. The zero-order chi connectivity index (χ0) is 16.9. The van der Waals surface area contributed by atoms with Gasteiger partial charge in [-0.1, -0.05) is 6.07 Å². The summed E-state index contributed by atoms with van der Waals surface area (Å²) in [4.78, 5) is 13.8. The zero-order valence-corrected chi connectivity index (χ0v) is 12.8. The van der Waals surface area contributed by atoms with Crippen LogP contribution in [-0.2, 0) is 16.1 Å². The molecule has 3 aliphatic heterocycles. The summed E-state index contributed by atoms with van der Waals surface area (Å²) < 4.78 is 40.4. The lowest BCUT2D eigenvalue weighted by Crippen LogP contribution is -2.44. The monoisotopic (exact) mass is 341 g/mol. The summed E-state index contributed by atoms with van der Waals surface area (Å²) in [5.74, 6) is -0.828. The molecule has 0 aromatic heterocycles. The van der Waals surface area contributed by atoms with E-state index >= 15 is 0 Å². The van der Waals surface area contributed by atoms with E-state index in [-0.39, 0.29) is 17.4 Å². The Morgan fingerprint density at radius 3 is 2.88 bits per heavy atom.